The Kier molecular flexibility index (Phi) is 4.51. The van der Waals surface area contributed by atoms with Crippen LogP contribution >= 0.6 is 0 Å². The van der Waals surface area contributed by atoms with Gasteiger partial charge in [-0.25, -0.2) is 0 Å². The summed E-state index contributed by atoms with van der Waals surface area (Å²) in [6.45, 7) is 5.03. The molecule has 3 fully saturated rings. The van der Waals surface area contributed by atoms with Crippen molar-refractivity contribution in [3.05, 3.63) is 0 Å². The standard InChI is InChI=1S/C18H33N/c1-2-15-6-5-10-18(11-9-15)12-13-19-14-17(18)16-7-3-4-8-16/h15-17,19H,2-14H2,1H3. The maximum atomic E-state index is 3.73. The highest BCUT2D eigenvalue weighted by molar-refractivity contribution is 4.97. The zero-order chi connectivity index (χ0) is 13.1. The normalized spacial score (nSPS) is 41.5. The Balaban J connectivity index is 1.73. The van der Waals surface area contributed by atoms with E-state index >= 15 is 0 Å². The third-order valence-electron chi connectivity index (χ3n) is 6.83. The second-order valence-electron chi connectivity index (χ2n) is 7.67. The van der Waals surface area contributed by atoms with Gasteiger partial charge in [-0.05, 0) is 61.9 Å². The molecule has 3 rings (SSSR count). The average molecular weight is 263 g/mol. The summed E-state index contributed by atoms with van der Waals surface area (Å²) in [6.07, 6.45) is 16.6. The van der Waals surface area contributed by atoms with Crippen molar-refractivity contribution in [3.63, 3.8) is 0 Å². The Labute approximate surface area is 119 Å². The van der Waals surface area contributed by atoms with E-state index in [0.717, 1.165) is 23.2 Å². The fourth-order valence-corrected chi connectivity index (χ4v) is 5.56. The molecule has 1 heterocycles. The van der Waals surface area contributed by atoms with Crippen molar-refractivity contribution in [1.29, 1.82) is 0 Å². The first-order valence-electron chi connectivity index (χ1n) is 9.05. The van der Waals surface area contributed by atoms with Gasteiger partial charge >= 0.3 is 0 Å². The molecular formula is C18H33N. The first-order chi connectivity index (χ1) is 9.34. The number of piperidine rings is 1. The van der Waals surface area contributed by atoms with Crippen LogP contribution in [0.3, 0.4) is 0 Å². The fourth-order valence-electron chi connectivity index (χ4n) is 5.56. The smallest absolute Gasteiger partial charge is 0.00125 e. The van der Waals surface area contributed by atoms with Crippen molar-refractivity contribution in [1.82, 2.24) is 5.32 Å². The van der Waals surface area contributed by atoms with Crippen LogP contribution in [-0.4, -0.2) is 13.1 Å². The third-order valence-corrected chi connectivity index (χ3v) is 6.83. The minimum Gasteiger partial charge on any atom is -0.316 e. The molecule has 1 aliphatic heterocycles. The van der Waals surface area contributed by atoms with E-state index in [4.69, 9.17) is 0 Å². The van der Waals surface area contributed by atoms with Gasteiger partial charge in [-0.2, -0.15) is 0 Å². The number of rotatable bonds is 2. The van der Waals surface area contributed by atoms with Crippen molar-refractivity contribution in [2.24, 2.45) is 23.2 Å². The van der Waals surface area contributed by atoms with Gasteiger partial charge in [-0.1, -0.05) is 51.9 Å². The number of nitrogens with one attached hydrogen (secondary N) is 1. The van der Waals surface area contributed by atoms with Crippen LogP contribution in [0.2, 0.25) is 0 Å². The highest BCUT2D eigenvalue weighted by Gasteiger charge is 2.45. The lowest BCUT2D eigenvalue weighted by atomic mass is 9.61. The number of hydrogen-bond donors (Lipinski definition) is 1. The van der Waals surface area contributed by atoms with E-state index in [2.05, 4.69) is 12.2 Å². The van der Waals surface area contributed by atoms with E-state index in [1.54, 1.807) is 12.8 Å². The van der Waals surface area contributed by atoms with E-state index in [1.807, 2.05) is 0 Å². The molecule has 0 bridgehead atoms. The molecule has 110 valence electrons. The third kappa shape index (κ3) is 2.86. The molecule has 3 atom stereocenters. The van der Waals surface area contributed by atoms with E-state index < -0.39 is 0 Å². The predicted molar refractivity (Wildman–Crippen MR) is 82.2 cm³/mol. The lowest BCUT2D eigenvalue weighted by Crippen LogP contribution is -2.47. The van der Waals surface area contributed by atoms with Crippen LogP contribution in [0.1, 0.15) is 77.6 Å². The van der Waals surface area contributed by atoms with Gasteiger partial charge in [-0.15, -0.1) is 0 Å². The summed E-state index contributed by atoms with van der Waals surface area (Å²) in [4.78, 5) is 0. The topological polar surface area (TPSA) is 12.0 Å². The van der Waals surface area contributed by atoms with Crippen molar-refractivity contribution in [2.45, 2.75) is 77.6 Å². The molecule has 19 heavy (non-hydrogen) atoms. The van der Waals surface area contributed by atoms with E-state index in [-0.39, 0.29) is 0 Å². The molecule has 3 unspecified atom stereocenters. The Hall–Kier alpha value is -0.0400. The second kappa shape index (κ2) is 6.16. The summed E-state index contributed by atoms with van der Waals surface area (Å²) in [7, 11) is 0. The molecule has 0 aromatic carbocycles. The first-order valence-corrected chi connectivity index (χ1v) is 9.05. The van der Waals surface area contributed by atoms with Crippen LogP contribution in [0.5, 0.6) is 0 Å². The summed E-state index contributed by atoms with van der Waals surface area (Å²) in [6, 6.07) is 0. The maximum absolute atomic E-state index is 3.73. The van der Waals surface area contributed by atoms with Gasteiger partial charge in [0.15, 0.2) is 0 Å². The molecule has 2 aliphatic carbocycles. The molecule has 0 aromatic rings. The SMILES string of the molecule is CCC1CCCC2(CCNCC2C2CCCC2)CC1. The lowest BCUT2D eigenvalue weighted by Gasteiger charge is -2.47. The van der Waals surface area contributed by atoms with E-state index in [9.17, 15) is 0 Å². The van der Waals surface area contributed by atoms with Crippen LogP contribution < -0.4 is 5.32 Å². The van der Waals surface area contributed by atoms with Crippen LogP contribution in [0.4, 0.5) is 0 Å². The Morgan fingerprint density at radius 3 is 2.58 bits per heavy atom. The molecule has 1 spiro atoms. The van der Waals surface area contributed by atoms with Crippen LogP contribution in [0, 0.1) is 23.2 Å². The van der Waals surface area contributed by atoms with Crippen molar-refractivity contribution >= 4 is 0 Å². The highest BCUT2D eigenvalue weighted by Crippen LogP contribution is 2.52. The Morgan fingerprint density at radius 1 is 0.947 bits per heavy atom. The van der Waals surface area contributed by atoms with Gasteiger partial charge in [0.1, 0.15) is 0 Å². The van der Waals surface area contributed by atoms with Gasteiger partial charge in [0.25, 0.3) is 0 Å². The van der Waals surface area contributed by atoms with Crippen LogP contribution in [0.15, 0.2) is 0 Å². The molecule has 1 N–H and O–H groups in total. The molecular weight excluding hydrogens is 230 g/mol. The zero-order valence-electron chi connectivity index (χ0n) is 12.9. The first kappa shape index (κ1) is 13.9. The fraction of sp³-hybridized carbons (Fsp3) is 1.00. The van der Waals surface area contributed by atoms with Gasteiger partial charge < -0.3 is 5.32 Å². The van der Waals surface area contributed by atoms with Crippen LogP contribution in [-0.2, 0) is 0 Å². The maximum Gasteiger partial charge on any atom is -0.00125 e. The van der Waals surface area contributed by atoms with Crippen molar-refractivity contribution < 1.29 is 0 Å². The van der Waals surface area contributed by atoms with Gasteiger partial charge in [0.05, 0.1) is 0 Å². The van der Waals surface area contributed by atoms with Gasteiger partial charge in [-0.3, -0.25) is 0 Å². The summed E-state index contributed by atoms with van der Waals surface area (Å²) in [5, 5.41) is 3.73. The average Bonchev–Trinajstić information content (AvgIpc) is 2.89. The molecule has 2 saturated carbocycles. The predicted octanol–water partition coefficient (Wildman–Crippen LogP) is 4.76. The molecule has 1 nitrogen and oxygen atoms in total. The van der Waals surface area contributed by atoms with E-state index in [1.165, 1.54) is 70.9 Å². The molecule has 3 aliphatic rings. The second-order valence-corrected chi connectivity index (χ2v) is 7.67. The van der Waals surface area contributed by atoms with Gasteiger partial charge in [0, 0.05) is 0 Å². The minimum atomic E-state index is 0.740. The molecule has 1 saturated heterocycles. The van der Waals surface area contributed by atoms with Gasteiger partial charge in [0.2, 0.25) is 0 Å². The molecule has 0 radical (unpaired) electrons. The lowest BCUT2D eigenvalue weighted by molar-refractivity contribution is 0.0430. The van der Waals surface area contributed by atoms with E-state index in [0.29, 0.717) is 0 Å². The summed E-state index contributed by atoms with van der Waals surface area (Å²) >= 11 is 0. The molecule has 0 amide bonds. The van der Waals surface area contributed by atoms with Crippen LogP contribution in [0.25, 0.3) is 0 Å². The Morgan fingerprint density at radius 2 is 1.79 bits per heavy atom. The van der Waals surface area contributed by atoms with Crippen molar-refractivity contribution in [3.8, 4) is 0 Å². The monoisotopic (exact) mass is 263 g/mol. The zero-order valence-corrected chi connectivity index (χ0v) is 12.9. The molecule has 0 aromatic heterocycles. The summed E-state index contributed by atoms with van der Waals surface area (Å²) in [5.41, 5.74) is 0.740. The highest BCUT2D eigenvalue weighted by atomic mass is 14.9. The van der Waals surface area contributed by atoms with Crippen molar-refractivity contribution in [2.75, 3.05) is 13.1 Å². The largest absolute Gasteiger partial charge is 0.316 e. The number of hydrogen-bond acceptors (Lipinski definition) is 1. The summed E-state index contributed by atoms with van der Waals surface area (Å²) < 4.78 is 0. The Bertz CT molecular complexity index is 281. The summed E-state index contributed by atoms with van der Waals surface area (Å²) in [5.74, 6) is 3.11. The molecule has 1 heteroatoms. The quantitative estimate of drug-likeness (QED) is 0.757. The minimum absolute atomic E-state index is 0.740.